The maximum absolute atomic E-state index is 13.5. The molecule has 1 saturated heterocycles. The third-order valence-corrected chi connectivity index (χ3v) is 4.54. The van der Waals surface area contributed by atoms with Gasteiger partial charge in [-0.15, -0.1) is 0 Å². The van der Waals surface area contributed by atoms with Gasteiger partial charge < -0.3 is 14.8 Å². The normalized spacial score (nSPS) is 20.8. The first-order chi connectivity index (χ1) is 13.4. The molecule has 1 aromatic carbocycles. The van der Waals surface area contributed by atoms with Crippen LogP contribution in [0.5, 0.6) is 0 Å². The maximum atomic E-state index is 13.5. The summed E-state index contributed by atoms with van der Waals surface area (Å²) < 4.78 is 50.3. The molecule has 2 atom stereocenters. The minimum atomic E-state index is -4.37. The Kier molecular flexibility index (Phi) is 7.15. The molecule has 9 heteroatoms. The number of nitrogens with zero attached hydrogens (tertiary/aromatic N) is 1. The summed E-state index contributed by atoms with van der Waals surface area (Å²) >= 11 is 0. The van der Waals surface area contributed by atoms with Crippen LogP contribution in [0.4, 0.5) is 18.0 Å². The number of ether oxygens (including phenoxy) is 2. The predicted molar refractivity (Wildman–Crippen MR) is 100 cm³/mol. The summed E-state index contributed by atoms with van der Waals surface area (Å²) in [6.07, 6.45) is -4.93. The van der Waals surface area contributed by atoms with Gasteiger partial charge in [0.25, 0.3) is 0 Å². The van der Waals surface area contributed by atoms with Gasteiger partial charge in [0.1, 0.15) is 11.6 Å². The maximum Gasteiger partial charge on any atom is 0.407 e. The Bertz CT molecular complexity index is 714. The highest BCUT2D eigenvalue weighted by atomic mass is 19.4. The van der Waals surface area contributed by atoms with Crippen LogP contribution >= 0.6 is 0 Å². The van der Waals surface area contributed by atoms with Crippen molar-refractivity contribution >= 4 is 12.1 Å². The molecule has 1 aliphatic heterocycles. The van der Waals surface area contributed by atoms with Gasteiger partial charge in [0, 0.05) is 19.1 Å². The molecule has 1 amide bonds. The van der Waals surface area contributed by atoms with Crippen molar-refractivity contribution < 1.29 is 32.2 Å². The number of alkyl carbamates (subject to hydrolysis) is 1. The number of carbonyl (C=O) groups is 2. The van der Waals surface area contributed by atoms with E-state index in [9.17, 15) is 22.8 Å². The van der Waals surface area contributed by atoms with Crippen LogP contribution in [0, 0.1) is 0 Å². The van der Waals surface area contributed by atoms with E-state index in [1.807, 2.05) is 0 Å². The minimum absolute atomic E-state index is 0.0398. The van der Waals surface area contributed by atoms with Gasteiger partial charge in [-0.05, 0) is 51.3 Å². The number of hydrogen-bond acceptors (Lipinski definition) is 5. The summed E-state index contributed by atoms with van der Waals surface area (Å²) in [5.41, 5.74) is 0.269. The predicted octanol–water partition coefficient (Wildman–Crippen LogP) is 3.89. The zero-order chi connectivity index (χ0) is 21.8. The molecule has 29 heavy (non-hydrogen) atoms. The number of benzene rings is 1. The van der Waals surface area contributed by atoms with Crippen LogP contribution < -0.4 is 5.32 Å². The molecular weight excluding hydrogens is 389 g/mol. The van der Waals surface area contributed by atoms with E-state index in [4.69, 9.17) is 4.74 Å². The molecule has 0 aromatic heterocycles. The first-order valence-electron chi connectivity index (χ1n) is 9.36. The molecule has 1 heterocycles. The average Bonchev–Trinajstić information content (AvgIpc) is 2.59. The van der Waals surface area contributed by atoms with Crippen molar-refractivity contribution in [3.05, 3.63) is 35.4 Å². The van der Waals surface area contributed by atoms with Crippen molar-refractivity contribution in [3.8, 4) is 0 Å². The Morgan fingerprint density at radius 3 is 2.28 bits per heavy atom. The van der Waals surface area contributed by atoms with Crippen LogP contribution in [0.1, 0.15) is 49.5 Å². The molecule has 1 aromatic rings. The number of rotatable bonds is 4. The van der Waals surface area contributed by atoms with Gasteiger partial charge in [0.05, 0.1) is 12.7 Å². The lowest BCUT2D eigenvalue weighted by Gasteiger charge is -2.40. The highest BCUT2D eigenvalue weighted by Crippen LogP contribution is 2.33. The molecule has 1 fully saturated rings. The molecule has 0 spiro atoms. The van der Waals surface area contributed by atoms with Gasteiger partial charge in [-0.2, -0.15) is 13.2 Å². The summed E-state index contributed by atoms with van der Waals surface area (Å²) in [6.45, 7) is 5.24. The van der Waals surface area contributed by atoms with Crippen molar-refractivity contribution in [2.75, 3.05) is 13.7 Å². The van der Waals surface area contributed by atoms with Crippen molar-refractivity contribution in [2.24, 2.45) is 0 Å². The molecule has 0 bridgehead atoms. The monoisotopic (exact) mass is 416 g/mol. The fraction of sp³-hybridized carbons (Fsp3) is 0.600. The number of esters is 1. The van der Waals surface area contributed by atoms with E-state index in [1.165, 1.54) is 24.1 Å². The van der Waals surface area contributed by atoms with Gasteiger partial charge >= 0.3 is 18.2 Å². The molecule has 0 aliphatic carbocycles. The number of likely N-dealkylation sites (tertiary alicyclic amines) is 1. The highest BCUT2D eigenvalue weighted by Gasteiger charge is 2.46. The van der Waals surface area contributed by atoms with Crippen molar-refractivity contribution in [1.82, 2.24) is 10.2 Å². The van der Waals surface area contributed by atoms with E-state index < -0.39 is 35.9 Å². The van der Waals surface area contributed by atoms with Crippen molar-refractivity contribution in [2.45, 2.75) is 64.0 Å². The van der Waals surface area contributed by atoms with Crippen LogP contribution in [0.3, 0.4) is 0 Å². The second-order valence-electron chi connectivity index (χ2n) is 8.10. The summed E-state index contributed by atoms with van der Waals surface area (Å²) in [7, 11) is 1.26. The van der Waals surface area contributed by atoms with Crippen LogP contribution in [0.2, 0.25) is 0 Å². The second kappa shape index (κ2) is 9.02. The van der Waals surface area contributed by atoms with E-state index in [1.54, 1.807) is 32.9 Å². The minimum Gasteiger partial charge on any atom is -0.465 e. The van der Waals surface area contributed by atoms with Crippen LogP contribution in [0.25, 0.3) is 0 Å². The third-order valence-electron chi connectivity index (χ3n) is 4.54. The van der Waals surface area contributed by atoms with Crippen molar-refractivity contribution in [3.63, 3.8) is 0 Å². The molecule has 1 N–H and O–H groups in total. The zero-order valence-corrected chi connectivity index (χ0v) is 17.0. The lowest BCUT2D eigenvalue weighted by Crippen LogP contribution is -2.56. The van der Waals surface area contributed by atoms with Gasteiger partial charge in [0.15, 0.2) is 0 Å². The van der Waals surface area contributed by atoms with Crippen LogP contribution in [-0.4, -0.2) is 54.5 Å². The quantitative estimate of drug-likeness (QED) is 0.755. The number of carbonyl (C=O) groups excluding carboxylic acids is 2. The summed E-state index contributed by atoms with van der Waals surface area (Å²) in [5, 5.41) is 2.66. The number of halogens is 3. The Morgan fingerprint density at radius 1 is 1.14 bits per heavy atom. The first-order valence-corrected chi connectivity index (χ1v) is 9.36. The molecule has 2 rings (SSSR count). The Balaban J connectivity index is 2.09. The van der Waals surface area contributed by atoms with E-state index in [0.29, 0.717) is 11.1 Å². The van der Waals surface area contributed by atoms with Gasteiger partial charge in [0.2, 0.25) is 0 Å². The summed E-state index contributed by atoms with van der Waals surface area (Å²) in [5.74, 6) is -0.510. The topological polar surface area (TPSA) is 67.9 Å². The van der Waals surface area contributed by atoms with Gasteiger partial charge in [-0.1, -0.05) is 12.1 Å². The number of methoxy groups -OCH3 is 1. The largest absolute Gasteiger partial charge is 0.465 e. The third kappa shape index (κ3) is 6.92. The number of nitrogens with one attached hydrogen (secondary N) is 1. The number of piperidine rings is 1. The lowest BCUT2D eigenvalue weighted by atomic mass is 9.97. The van der Waals surface area contributed by atoms with E-state index in [-0.39, 0.29) is 25.9 Å². The molecule has 0 saturated carbocycles. The lowest BCUT2D eigenvalue weighted by molar-refractivity contribution is -0.194. The molecule has 162 valence electrons. The molecule has 0 radical (unpaired) electrons. The number of amides is 1. The number of alkyl halides is 3. The number of hydrogen-bond donors (Lipinski definition) is 1. The van der Waals surface area contributed by atoms with Crippen molar-refractivity contribution in [1.29, 1.82) is 0 Å². The highest BCUT2D eigenvalue weighted by molar-refractivity contribution is 5.89. The summed E-state index contributed by atoms with van der Waals surface area (Å²) in [6, 6.07) is 4.20. The SMILES string of the molecule is COC(=O)c1ccc(CN2C[C@@H](NC(=O)OC(C)(C)C)CC[C@@H]2C(F)(F)F)cc1. The van der Waals surface area contributed by atoms with E-state index >= 15 is 0 Å². The molecule has 1 aliphatic rings. The fourth-order valence-corrected chi connectivity index (χ4v) is 3.28. The zero-order valence-electron chi connectivity index (χ0n) is 17.0. The Labute approximate surface area is 168 Å². The van der Waals surface area contributed by atoms with Crippen LogP contribution in [0.15, 0.2) is 24.3 Å². The average molecular weight is 416 g/mol. The van der Waals surface area contributed by atoms with E-state index in [0.717, 1.165) is 0 Å². The fourth-order valence-electron chi connectivity index (χ4n) is 3.28. The standard InChI is InChI=1S/C20H27F3N2O4/c1-19(2,3)29-18(27)24-15-9-10-16(20(21,22)23)25(12-15)11-13-5-7-14(8-6-13)17(26)28-4/h5-8,15-16H,9-12H2,1-4H3,(H,24,27)/t15-,16+/m0/s1. The molecule has 6 nitrogen and oxygen atoms in total. The smallest absolute Gasteiger partial charge is 0.407 e. The Hall–Kier alpha value is -2.29. The van der Waals surface area contributed by atoms with Crippen LogP contribution in [-0.2, 0) is 16.0 Å². The van der Waals surface area contributed by atoms with E-state index in [2.05, 4.69) is 10.1 Å². The molecule has 0 unspecified atom stereocenters. The Morgan fingerprint density at radius 2 is 1.76 bits per heavy atom. The van der Waals surface area contributed by atoms with Gasteiger partial charge in [-0.3, -0.25) is 4.90 Å². The molecular formula is C20H27F3N2O4. The first kappa shape index (κ1) is 23.0. The second-order valence-corrected chi connectivity index (χ2v) is 8.10. The van der Waals surface area contributed by atoms with Gasteiger partial charge in [-0.25, -0.2) is 9.59 Å². The summed E-state index contributed by atoms with van der Waals surface area (Å²) in [4.78, 5) is 24.8.